The lowest BCUT2D eigenvalue weighted by Gasteiger charge is -2.29. The molecule has 0 fully saturated rings. The Kier molecular flexibility index (Phi) is 4.08. The van der Waals surface area contributed by atoms with Crippen LogP contribution >= 0.6 is 11.8 Å². The Bertz CT molecular complexity index is 585. The molecule has 0 amide bonds. The van der Waals surface area contributed by atoms with Gasteiger partial charge in [0.05, 0.1) is 0 Å². The molecular formula is C17H18FNS. The van der Waals surface area contributed by atoms with Crippen LogP contribution in [0.1, 0.15) is 36.6 Å². The van der Waals surface area contributed by atoms with E-state index in [0.29, 0.717) is 0 Å². The summed E-state index contributed by atoms with van der Waals surface area (Å²) in [5.41, 5.74) is 2.37. The molecule has 0 saturated heterocycles. The van der Waals surface area contributed by atoms with E-state index in [1.54, 1.807) is 12.1 Å². The normalized spacial score (nSPS) is 19.4. The van der Waals surface area contributed by atoms with E-state index in [2.05, 4.69) is 36.5 Å². The standard InChI is InChI=1S/C17H18FNS/c1-12(13-5-3-2-4-6-13)19-16-9-10-20-17-8-7-14(18)11-15(16)17/h2-8,11-12,16,19H,9-10H2,1H3. The van der Waals surface area contributed by atoms with E-state index in [0.717, 1.165) is 17.7 Å². The van der Waals surface area contributed by atoms with Gasteiger partial charge in [0.15, 0.2) is 0 Å². The highest BCUT2D eigenvalue weighted by Gasteiger charge is 2.22. The number of halogens is 1. The van der Waals surface area contributed by atoms with Crippen molar-refractivity contribution in [3.8, 4) is 0 Å². The van der Waals surface area contributed by atoms with Gasteiger partial charge in [-0.05, 0) is 48.4 Å². The lowest BCUT2D eigenvalue weighted by atomic mass is 10.0. The highest BCUT2D eigenvalue weighted by molar-refractivity contribution is 7.99. The summed E-state index contributed by atoms with van der Waals surface area (Å²) in [5.74, 6) is 0.933. The fourth-order valence-electron chi connectivity index (χ4n) is 2.68. The summed E-state index contributed by atoms with van der Waals surface area (Å²) in [5, 5.41) is 3.64. The second kappa shape index (κ2) is 5.98. The molecule has 1 N–H and O–H groups in total. The van der Waals surface area contributed by atoms with Gasteiger partial charge in [0.2, 0.25) is 0 Å². The second-order valence-electron chi connectivity index (χ2n) is 5.17. The fraction of sp³-hybridized carbons (Fsp3) is 0.294. The fourth-order valence-corrected chi connectivity index (χ4v) is 3.78. The minimum atomic E-state index is -0.148. The number of rotatable bonds is 3. The zero-order valence-corrected chi connectivity index (χ0v) is 12.3. The summed E-state index contributed by atoms with van der Waals surface area (Å²) in [4.78, 5) is 1.20. The Morgan fingerprint density at radius 1 is 1.20 bits per heavy atom. The SMILES string of the molecule is CC(NC1CCSc2ccc(F)cc21)c1ccccc1. The Morgan fingerprint density at radius 2 is 2.00 bits per heavy atom. The molecule has 0 bridgehead atoms. The summed E-state index contributed by atoms with van der Waals surface area (Å²) < 4.78 is 13.5. The van der Waals surface area contributed by atoms with Crippen LogP contribution in [0.15, 0.2) is 53.4 Å². The van der Waals surface area contributed by atoms with E-state index < -0.39 is 0 Å². The number of fused-ring (bicyclic) bond motifs is 1. The maximum atomic E-state index is 13.5. The van der Waals surface area contributed by atoms with Crippen LogP contribution in [-0.2, 0) is 0 Å². The number of benzene rings is 2. The Hall–Kier alpha value is -1.32. The highest BCUT2D eigenvalue weighted by atomic mass is 32.2. The van der Waals surface area contributed by atoms with E-state index in [4.69, 9.17) is 0 Å². The molecule has 2 atom stereocenters. The first kappa shape index (κ1) is 13.7. The molecule has 1 heterocycles. The van der Waals surface area contributed by atoms with Gasteiger partial charge in [0.1, 0.15) is 5.82 Å². The molecule has 1 aliphatic heterocycles. The van der Waals surface area contributed by atoms with Crippen LogP contribution in [0.4, 0.5) is 4.39 Å². The molecule has 1 aliphatic rings. The van der Waals surface area contributed by atoms with E-state index in [-0.39, 0.29) is 17.9 Å². The first-order chi connectivity index (χ1) is 9.74. The zero-order valence-electron chi connectivity index (χ0n) is 11.5. The molecule has 104 valence electrons. The van der Waals surface area contributed by atoms with Crippen molar-refractivity contribution in [3.05, 3.63) is 65.5 Å². The van der Waals surface area contributed by atoms with Gasteiger partial charge in [-0.15, -0.1) is 11.8 Å². The van der Waals surface area contributed by atoms with Crippen molar-refractivity contribution in [2.75, 3.05) is 5.75 Å². The third kappa shape index (κ3) is 2.89. The number of hydrogen-bond acceptors (Lipinski definition) is 2. The Balaban J connectivity index is 1.81. The van der Waals surface area contributed by atoms with E-state index in [1.165, 1.54) is 10.5 Å². The lowest BCUT2D eigenvalue weighted by molar-refractivity contribution is 0.447. The quantitative estimate of drug-likeness (QED) is 0.877. The van der Waals surface area contributed by atoms with Crippen molar-refractivity contribution in [1.82, 2.24) is 5.32 Å². The van der Waals surface area contributed by atoms with Gasteiger partial charge in [-0.2, -0.15) is 0 Å². The molecule has 3 heteroatoms. The van der Waals surface area contributed by atoms with Crippen LogP contribution in [0.2, 0.25) is 0 Å². The molecule has 2 aromatic rings. The predicted octanol–water partition coefficient (Wildman–Crippen LogP) is 4.71. The molecular weight excluding hydrogens is 269 g/mol. The van der Waals surface area contributed by atoms with Crippen molar-refractivity contribution < 1.29 is 4.39 Å². The van der Waals surface area contributed by atoms with Crippen molar-refractivity contribution in [1.29, 1.82) is 0 Å². The second-order valence-corrected chi connectivity index (χ2v) is 6.31. The monoisotopic (exact) mass is 287 g/mol. The minimum Gasteiger partial charge on any atom is -0.303 e. The molecule has 2 aromatic carbocycles. The third-order valence-corrected chi connectivity index (χ3v) is 4.88. The van der Waals surface area contributed by atoms with Gasteiger partial charge >= 0.3 is 0 Å². The summed E-state index contributed by atoms with van der Waals surface area (Å²) in [7, 11) is 0. The van der Waals surface area contributed by atoms with Crippen molar-refractivity contribution in [2.45, 2.75) is 30.3 Å². The van der Waals surface area contributed by atoms with Gasteiger partial charge in [0.25, 0.3) is 0 Å². The lowest BCUT2D eigenvalue weighted by Crippen LogP contribution is -2.27. The maximum Gasteiger partial charge on any atom is 0.123 e. The molecule has 0 radical (unpaired) electrons. The van der Waals surface area contributed by atoms with Crippen LogP contribution in [0, 0.1) is 5.82 Å². The Morgan fingerprint density at radius 3 is 2.80 bits per heavy atom. The van der Waals surface area contributed by atoms with Crippen LogP contribution in [0.5, 0.6) is 0 Å². The molecule has 1 nitrogen and oxygen atoms in total. The van der Waals surface area contributed by atoms with E-state index in [9.17, 15) is 4.39 Å². The van der Waals surface area contributed by atoms with Crippen LogP contribution < -0.4 is 5.32 Å². The third-order valence-electron chi connectivity index (χ3n) is 3.76. The maximum absolute atomic E-state index is 13.5. The predicted molar refractivity (Wildman–Crippen MR) is 82.5 cm³/mol. The summed E-state index contributed by atoms with van der Waals surface area (Å²) >= 11 is 1.82. The number of nitrogens with one attached hydrogen (secondary N) is 1. The summed E-state index contributed by atoms with van der Waals surface area (Å²) in [6.45, 7) is 2.16. The van der Waals surface area contributed by atoms with Gasteiger partial charge in [-0.1, -0.05) is 30.3 Å². The minimum absolute atomic E-state index is 0.148. The largest absolute Gasteiger partial charge is 0.303 e. The van der Waals surface area contributed by atoms with Crippen molar-refractivity contribution in [3.63, 3.8) is 0 Å². The number of hydrogen-bond donors (Lipinski definition) is 1. The van der Waals surface area contributed by atoms with Crippen LogP contribution in [0.25, 0.3) is 0 Å². The van der Waals surface area contributed by atoms with E-state index in [1.807, 2.05) is 23.9 Å². The molecule has 20 heavy (non-hydrogen) atoms. The highest BCUT2D eigenvalue weighted by Crippen LogP contribution is 2.37. The van der Waals surface area contributed by atoms with E-state index >= 15 is 0 Å². The van der Waals surface area contributed by atoms with Gasteiger partial charge < -0.3 is 5.32 Å². The zero-order chi connectivity index (χ0) is 13.9. The molecule has 0 spiro atoms. The molecule has 0 aliphatic carbocycles. The first-order valence-electron chi connectivity index (χ1n) is 6.97. The van der Waals surface area contributed by atoms with Gasteiger partial charge in [0, 0.05) is 17.0 Å². The number of thioether (sulfide) groups is 1. The smallest absolute Gasteiger partial charge is 0.123 e. The molecule has 0 saturated carbocycles. The van der Waals surface area contributed by atoms with Crippen molar-refractivity contribution in [2.24, 2.45) is 0 Å². The molecule has 0 aromatic heterocycles. The average Bonchev–Trinajstić information content (AvgIpc) is 2.49. The van der Waals surface area contributed by atoms with Crippen molar-refractivity contribution >= 4 is 11.8 Å². The topological polar surface area (TPSA) is 12.0 Å². The van der Waals surface area contributed by atoms with Gasteiger partial charge in [-0.25, -0.2) is 4.39 Å². The van der Waals surface area contributed by atoms with Crippen LogP contribution in [-0.4, -0.2) is 5.75 Å². The molecule has 3 rings (SSSR count). The first-order valence-corrected chi connectivity index (χ1v) is 7.96. The molecule has 2 unspecified atom stereocenters. The Labute approximate surface area is 123 Å². The van der Waals surface area contributed by atoms with Crippen LogP contribution in [0.3, 0.4) is 0 Å². The average molecular weight is 287 g/mol. The summed E-state index contributed by atoms with van der Waals surface area (Å²) in [6, 6.07) is 16.0. The summed E-state index contributed by atoms with van der Waals surface area (Å²) in [6.07, 6.45) is 1.04. The van der Waals surface area contributed by atoms with Gasteiger partial charge in [-0.3, -0.25) is 0 Å².